The van der Waals surface area contributed by atoms with E-state index in [0.717, 1.165) is 12.3 Å². The molecule has 15 heavy (non-hydrogen) atoms. The standard InChI is InChI=1S/C11H19N3S/c1-10(2)7-4-5-11(10,3)8(6-7)13-14-9(12)15/h7H,4-6H2,1-3H3,(H3,12,14,15)/b13-8+/t7-,11+/m0/s1. The monoisotopic (exact) mass is 225 g/mol. The lowest BCUT2D eigenvalue weighted by Gasteiger charge is -2.34. The largest absolute Gasteiger partial charge is 0.375 e. The van der Waals surface area contributed by atoms with Crippen molar-refractivity contribution in [1.29, 1.82) is 0 Å². The molecule has 3 nitrogen and oxygen atoms in total. The number of fused-ring (bicyclic) bond motifs is 2. The van der Waals surface area contributed by atoms with Gasteiger partial charge in [0.1, 0.15) is 0 Å². The summed E-state index contributed by atoms with van der Waals surface area (Å²) in [5.74, 6) is 0.773. The fourth-order valence-corrected chi connectivity index (χ4v) is 3.27. The molecule has 3 N–H and O–H groups in total. The molecule has 2 rings (SSSR count). The summed E-state index contributed by atoms with van der Waals surface area (Å²) in [5, 5.41) is 4.63. The number of nitrogens with two attached hydrogens (primary N) is 1. The summed E-state index contributed by atoms with van der Waals surface area (Å²) in [6.45, 7) is 7.03. The molecule has 0 aliphatic heterocycles. The third-order valence-corrected chi connectivity index (χ3v) is 4.90. The molecule has 0 aromatic rings. The van der Waals surface area contributed by atoms with E-state index in [4.69, 9.17) is 18.0 Å². The van der Waals surface area contributed by atoms with E-state index in [1.807, 2.05) is 0 Å². The van der Waals surface area contributed by atoms with Crippen LogP contribution in [0.1, 0.15) is 40.0 Å². The highest BCUT2D eigenvalue weighted by molar-refractivity contribution is 7.80. The van der Waals surface area contributed by atoms with Gasteiger partial charge in [-0.1, -0.05) is 20.8 Å². The van der Waals surface area contributed by atoms with E-state index in [0.29, 0.717) is 5.41 Å². The molecule has 4 heteroatoms. The minimum Gasteiger partial charge on any atom is -0.375 e. The summed E-state index contributed by atoms with van der Waals surface area (Å²) in [6, 6.07) is 0. The van der Waals surface area contributed by atoms with Gasteiger partial charge in [-0.2, -0.15) is 5.10 Å². The molecule has 84 valence electrons. The summed E-state index contributed by atoms with van der Waals surface area (Å²) in [5.41, 5.74) is 9.97. The number of nitrogens with one attached hydrogen (secondary N) is 1. The Balaban J connectivity index is 2.26. The second kappa shape index (κ2) is 3.17. The summed E-state index contributed by atoms with van der Waals surface area (Å²) in [6.07, 6.45) is 3.66. The normalized spacial score (nSPS) is 39.7. The van der Waals surface area contributed by atoms with Crippen LogP contribution in [-0.4, -0.2) is 10.8 Å². The third-order valence-electron chi connectivity index (χ3n) is 4.81. The second-order valence-corrected chi connectivity index (χ2v) is 5.97. The lowest BCUT2D eigenvalue weighted by Crippen LogP contribution is -2.35. The second-order valence-electron chi connectivity index (χ2n) is 5.53. The van der Waals surface area contributed by atoms with Crippen LogP contribution in [0.25, 0.3) is 0 Å². The van der Waals surface area contributed by atoms with Crippen LogP contribution in [-0.2, 0) is 0 Å². The van der Waals surface area contributed by atoms with Crippen LogP contribution in [0.4, 0.5) is 0 Å². The van der Waals surface area contributed by atoms with Gasteiger partial charge in [0.2, 0.25) is 0 Å². The molecule has 0 saturated heterocycles. The van der Waals surface area contributed by atoms with Crippen molar-refractivity contribution < 1.29 is 0 Å². The molecule has 0 aromatic heterocycles. The van der Waals surface area contributed by atoms with Gasteiger partial charge in [-0.25, -0.2) is 0 Å². The molecule has 0 amide bonds. The predicted molar refractivity (Wildman–Crippen MR) is 66.6 cm³/mol. The Morgan fingerprint density at radius 3 is 2.60 bits per heavy atom. The van der Waals surface area contributed by atoms with Gasteiger partial charge in [0.05, 0.1) is 0 Å². The number of hydrazone groups is 1. The van der Waals surface area contributed by atoms with Crippen LogP contribution in [0.2, 0.25) is 0 Å². The molecule has 0 spiro atoms. The average Bonchev–Trinajstić information content (AvgIpc) is 2.46. The van der Waals surface area contributed by atoms with Crippen molar-refractivity contribution in [2.24, 2.45) is 27.6 Å². The molecule has 0 radical (unpaired) electrons. The Bertz CT molecular complexity index is 335. The smallest absolute Gasteiger partial charge is 0.184 e. The summed E-state index contributed by atoms with van der Waals surface area (Å²) in [4.78, 5) is 0. The SMILES string of the molecule is CC1(C)[C@H]2CC[C@]1(C)/C(=N/NC(N)=S)C2. The Morgan fingerprint density at radius 2 is 2.20 bits per heavy atom. The summed E-state index contributed by atoms with van der Waals surface area (Å²) >= 11 is 4.77. The average molecular weight is 225 g/mol. The first kappa shape index (κ1) is 10.9. The first-order valence-corrected chi connectivity index (χ1v) is 5.91. The number of rotatable bonds is 1. The van der Waals surface area contributed by atoms with Crippen LogP contribution in [0, 0.1) is 16.7 Å². The van der Waals surface area contributed by atoms with Crippen molar-refractivity contribution in [1.82, 2.24) is 5.43 Å². The number of hydrogen-bond acceptors (Lipinski definition) is 2. The van der Waals surface area contributed by atoms with Gasteiger partial charge in [-0.05, 0) is 42.8 Å². The first-order valence-electron chi connectivity index (χ1n) is 5.50. The van der Waals surface area contributed by atoms with E-state index in [2.05, 4.69) is 31.3 Å². The van der Waals surface area contributed by atoms with E-state index in [1.165, 1.54) is 18.6 Å². The van der Waals surface area contributed by atoms with Gasteiger partial charge in [-0.15, -0.1) is 0 Å². The van der Waals surface area contributed by atoms with E-state index in [-0.39, 0.29) is 10.5 Å². The number of hydrogen-bond donors (Lipinski definition) is 2. The summed E-state index contributed by atoms with van der Waals surface area (Å²) in [7, 11) is 0. The maximum Gasteiger partial charge on any atom is 0.184 e. The van der Waals surface area contributed by atoms with Crippen molar-refractivity contribution in [3.8, 4) is 0 Å². The molecule has 2 fully saturated rings. The molecule has 2 saturated carbocycles. The molecule has 2 bridgehead atoms. The van der Waals surface area contributed by atoms with Gasteiger partial charge in [0, 0.05) is 11.1 Å². The van der Waals surface area contributed by atoms with E-state index < -0.39 is 0 Å². The van der Waals surface area contributed by atoms with Gasteiger partial charge in [0.15, 0.2) is 5.11 Å². The van der Waals surface area contributed by atoms with Crippen molar-refractivity contribution in [3.63, 3.8) is 0 Å². The quantitative estimate of drug-likeness (QED) is 0.530. The third kappa shape index (κ3) is 1.38. The number of nitrogens with zero attached hydrogens (tertiary/aromatic N) is 1. The minimum atomic E-state index is 0.232. The zero-order valence-electron chi connectivity index (χ0n) is 9.63. The lowest BCUT2D eigenvalue weighted by atomic mass is 9.70. The van der Waals surface area contributed by atoms with Crippen molar-refractivity contribution in [2.75, 3.05) is 0 Å². The maximum absolute atomic E-state index is 5.39. The Kier molecular flexibility index (Phi) is 2.30. The van der Waals surface area contributed by atoms with E-state index >= 15 is 0 Å². The fraction of sp³-hybridized carbons (Fsp3) is 0.818. The Labute approximate surface area is 96.5 Å². The molecule has 0 heterocycles. The van der Waals surface area contributed by atoms with Crippen molar-refractivity contribution in [2.45, 2.75) is 40.0 Å². The molecular formula is C11H19N3S. The van der Waals surface area contributed by atoms with Crippen LogP contribution in [0.15, 0.2) is 5.10 Å². The van der Waals surface area contributed by atoms with Crippen LogP contribution in [0.3, 0.4) is 0 Å². The van der Waals surface area contributed by atoms with E-state index in [9.17, 15) is 0 Å². The number of thiocarbonyl (C=S) groups is 1. The molecule has 0 aromatic carbocycles. The van der Waals surface area contributed by atoms with Gasteiger partial charge >= 0.3 is 0 Å². The topological polar surface area (TPSA) is 50.4 Å². The fourth-order valence-electron chi connectivity index (χ4n) is 3.22. The highest BCUT2D eigenvalue weighted by Crippen LogP contribution is 2.63. The molecule has 2 atom stereocenters. The van der Waals surface area contributed by atoms with Crippen LogP contribution >= 0.6 is 12.2 Å². The van der Waals surface area contributed by atoms with E-state index in [1.54, 1.807) is 0 Å². The van der Waals surface area contributed by atoms with Crippen LogP contribution in [0.5, 0.6) is 0 Å². The Morgan fingerprint density at radius 1 is 1.53 bits per heavy atom. The summed E-state index contributed by atoms with van der Waals surface area (Å²) < 4.78 is 0. The van der Waals surface area contributed by atoms with Gasteiger partial charge in [0.25, 0.3) is 0 Å². The lowest BCUT2D eigenvalue weighted by molar-refractivity contribution is 0.193. The maximum atomic E-state index is 5.39. The van der Waals surface area contributed by atoms with Gasteiger partial charge < -0.3 is 5.73 Å². The Hall–Kier alpha value is -0.640. The van der Waals surface area contributed by atoms with Crippen LogP contribution < -0.4 is 11.2 Å². The van der Waals surface area contributed by atoms with Gasteiger partial charge in [-0.3, -0.25) is 5.43 Å². The molecule has 0 unspecified atom stereocenters. The zero-order valence-corrected chi connectivity index (χ0v) is 10.4. The minimum absolute atomic E-state index is 0.232. The first-order chi connectivity index (χ1) is 6.88. The molecule has 2 aliphatic rings. The van der Waals surface area contributed by atoms with Crippen molar-refractivity contribution >= 4 is 23.0 Å². The zero-order chi connectivity index (χ0) is 11.3. The molecule has 2 aliphatic carbocycles. The predicted octanol–water partition coefficient (Wildman–Crippen LogP) is 2.02. The highest BCUT2D eigenvalue weighted by Gasteiger charge is 2.59. The highest BCUT2D eigenvalue weighted by atomic mass is 32.1. The molecular weight excluding hydrogens is 206 g/mol. The van der Waals surface area contributed by atoms with Crippen molar-refractivity contribution in [3.05, 3.63) is 0 Å².